The average molecular weight is 419 g/mol. The van der Waals surface area contributed by atoms with Crippen molar-refractivity contribution in [3.05, 3.63) is 76.1 Å². The Bertz CT molecular complexity index is 1250. The Morgan fingerprint density at radius 2 is 1.84 bits per heavy atom. The molecular formula is C23H21N3O5. The van der Waals surface area contributed by atoms with Crippen LogP contribution in [0.4, 0.5) is 10.5 Å². The lowest BCUT2D eigenvalue weighted by molar-refractivity contribution is -0.132. The van der Waals surface area contributed by atoms with Crippen molar-refractivity contribution < 1.29 is 18.8 Å². The van der Waals surface area contributed by atoms with Gasteiger partial charge in [-0.2, -0.15) is 0 Å². The molecule has 1 aliphatic rings. The van der Waals surface area contributed by atoms with Crippen molar-refractivity contribution in [3.8, 4) is 0 Å². The summed E-state index contributed by atoms with van der Waals surface area (Å²) >= 11 is 0. The maximum absolute atomic E-state index is 13.4. The van der Waals surface area contributed by atoms with E-state index in [9.17, 15) is 19.2 Å². The van der Waals surface area contributed by atoms with Crippen LogP contribution >= 0.6 is 0 Å². The number of fused-ring (bicyclic) bond motifs is 1. The van der Waals surface area contributed by atoms with Gasteiger partial charge in [-0.1, -0.05) is 37.3 Å². The quantitative estimate of drug-likeness (QED) is 0.488. The van der Waals surface area contributed by atoms with E-state index in [1.165, 1.54) is 19.1 Å². The molecule has 3 aromatic rings. The first kappa shape index (κ1) is 20.3. The summed E-state index contributed by atoms with van der Waals surface area (Å²) < 4.78 is 5.26. The Morgan fingerprint density at radius 1 is 1.10 bits per heavy atom. The maximum atomic E-state index is 13.4. The number of urea groups is 1. The molecule has 8 nitrogen and oxygen atoms in total. The number of benzene rings is 2. The van der Waals surface area contributed by atoms with Gasteiger partial charge in [-0.25, -0.2) is 9.59 Å². The first-order chi connectivity index (χ1) is 14.8. The van der Waals surface area contributed by atoms with Crippen LogP contribution in [0.3, 0.4) is 0 Å². The molecule has 0 saturated carbocycles. The highest BCUT2D eigenvalue weighted by atomic mass is 16.4. The summed E-state index contributed by atoms with van der Waals surface area (Å²) in [4.78, 5) is 50.7. The predicted octanol–water partition coefficient (Wildman–Crippen LogP) is 3.11. The van der Waals surface area contributed by atoms with Crippen LogP contribution in [0.15, 0.2) is 63.8 Å². The largest absolute Gasteiger partial charge is 0.423 e. The van der Waals surface area contributed by atoms with Crippen molar-refractivity contribution in [1.82, 2.24) is 10.2 Å². The van der Waals surface area contributed by atoms with Crippen molar-refractivity contribution in [2.45, 2.75) is 32.4 Å². The molecule has 31 heavy (non-hydrogen) atoms. The van der Waals surface area contributed by atoms with Crippen molar-refractivity contribution >= 4 is 34.5 Å². The highest BCUT2D eigenvalue weighted by Crippen LogP contribution is 2.33. The van der Waals surface area contributed by atoms with Gasteiger partial charge in [0, 0.05) is 30.1 Å². The Kier molecular flexibility index (Phi) is 5.06. The zero-order chi connectivity index (χ0) is 22.2. The fourth-order valence-corrected chi connectivity index (χ4v) is 3.94. The van der Waals surface area contributed by atoms with Gasteiger partial charge in [-0.15, -0.1) is 0 Å². The Morgan fingerprint density at radius 3 is 2.52 bits per heavy atom. The van der Waals surface area contributed by atoms with Gasteiger partial charge >= 0.3 is 11.7 Å². The van der Waals surface area contributed by atoms with E-state index in [4.69, 9.17) is 4.42 Å². The van der Waals surface area contributed by atoms with Crippen molar-refractivity contribution in [3.63, 3.8) is 0 Å². The topological polar surface area (TPSA) is 109 Å². The number of rotatable bonds is 5. The van der Waals surface area contributed by atoms with Crippen molar-refractivity contribution in [1.29, 1.82) is 0 Å². The number of nitrogens with zero attached hydrogens (tertiary/aromatic N) is 1. The molecule has 0 aliphatic carbocycles. The molecule has 4 amide bonds. The van der Waals surface area contributed by atoms with Crippen LogP contribution in [0.5, 0.6) is 0 Å². The Hall–Kier alpha value is -3.94. The summed E-state index contributed by atoms with van der Waals surface area (Å²) in [6.07, 6.45) is 0.385. The molecule has 158 valence electrons. The van der Waals surface area contributed by atoms with E-state index in [0.717, 1.165) is 4.90 Å². The first-order valence-electron chi connectivity index (χ1n) is 9.88. The molecule has 2 N–H and O–H groups in total. The number of nitrogens with one attached hydrogen (secondary N) is 2. The average Bonchev–Trinajstić information content (AvgIpc) is 2.98. The number of anilines is 1. The highest BCUT2D eigenvalue weighted by molar-refractivity contribution is 6.07. The molecule has 4 rings (SSSR count). The molecule has 1 unspecified atom stereocenters. The fourth-order valence-electron chi connectivity index (χ4n) is 3.94. The van der Waals surface area contributed by atoms with Gasteiger partial charge in [0.1, 0.15) is 11.1 Å². The molecule has 0 spiro atoms. The number of carbonyl (C=O) groups excluding carboxylic acids is 3. The van der Waals surface area contributed by atoms with Gasteiger partial charge in [0.05, 0.1) is 6.54 Å². The van der Waals surface area contributed by atoms with Gasteiger partial charge in [0.2, 0.25) is 5.91 Å². The number of imide groups is 1. The monoisotopic (exact) mass is 419 g/mol. The number of hydrogen-bond donors (Lipinski definition) is 2. The molecule has 1 aromatic heterocycles. The molecule has 1 fully saturated rings. The van der Waals surface area contributed by atoms with E-state index in [-0.39, 0.29) is 23.9 Å². The summed E-state index contributed by atoms with van der Waals surface area (Å²) in [6.45, 7) is 3.13. The van der Waals surface area contributed by atoms with Crippen LogP contribution in [-0.2, 0) is 21.7 Å². The van der Waals surface area contributed by atoms with E-state index in [1.54, 1.807) is 24.3 Å². The van der Waals surface area contributed by atoms with Crippen LogP contribution in [0.2, 0.25) is 0 Å². The summed E-state index contributed by atoms with van der Waals surface area (Å²) in [5.41, 5.74) is 0.153. The third-order valence-electron chi connectivity index (χ3n) is 5.45. The smallest absolute Gasteiger partial charge is 0.336 e. The predicted molar refractivity (Wildman–Crippen MR) is 114 cm³/mol. The van der Waals surface area contributed by atoms with Gasteiger partial charge in [0.15, 0.2) is 0 Å². The second-order valence-electron chi connectivity index (χ2n) is 7.43. The Balaban J connectivity index is 1.72. The lowest BCUT2D eigenvalue weighted by Gasteiger charge is -2.25. The number of amides is 4. The lowest BCUT2D eigenvalue weighted by Crippen LogP contribution is -2.43. The molecule has 1 saturated heterocycles. The zero-order valence-electron chi connectivity index (χ0n) is 17.1. The van der Waals surface area contributed by atoms with E-state index in [2.05, 4.69) is 10.6 Å². The normalized spacial score (nSPS) is 18.3. The second-order valence-corrected chi connectivity index (χ2v) is 7.43. The van der Waals surface area contributed by atoms with E-state index >= 15 is 0 Å². The molecule has 0 radical (unpaired) electrons. The second kappa shape index (κ2) is 7.71. The molecule has 0 bridgehead atoms. The summed E-state index contributed by atoms with van der Waals surface area (Å²) in [6, 6.07) is 14.7. The molecular weight excluding hydrogens is 398 g/mol. The summed E-state index contributed by atoms with van der Waals surface area (Å²) in [5.74, 6) is -0.628. The van der Waals surface area contributed by atoms with Crippen LogP contribution < -0.4 is 16.3 Å². The van der Waals surface area contributed by atoms with Gasteiger partial charge < -0.3 is 15.1 Å². The zero-order valence-corrected chi connectivity index (χ0v) is 17.1. The molecule has 1 atom stereocenters. The molecule has 8 heteroatoms. The number of carbonyl (C=O) groups is 3. The van der Waals surface area contributed by atoms with E-state index in [0.29, 0.717) is 28.6 Å². The fraction of sp³-hybridized carbons (Fsp3) is 0.217. The third kappa shape index (κ3) is 3.56. The van der Waals surface area contributed by atoms with Crippen molar-refractivity contribution in [2.24, 2.45) is 0 Å². The minimum Gasteiger partial charge on any atom is -0.423 e. The SMILES string of the molecule is CCC1(c2ccccc2)NC(=O)N(Cc2cc(=O)oc3cc(NC(C)=O)ccc23)C1=O. The van der Waals surface area contributed by atoms with E-state index < -0.39 is 17.2 Å². The minimum absolute atomic E-state index is 0.0825. The van der Waals surface area contributed by atoms with Crippen LogP contribution in [0, 0.1) is 0 Å². The molecule has 1 aliphatic heterocycles. The Labute approximate surface area is 177 Å². The number of hydrogen-bond acceptors (Lipinski definition) is 5. The molecule has 2 aromatic carbocycles. The lowest BCUT2D eigenvalue weighted by atomic mass is 9.87. The van der Waals surface area contributed by atoms with Gasteiger partial charge in [-0.3, -0.25) is 14.5 Å². The van der Waals surface area contributed by atoms with Crippen LogP contribution in [-0.4, -0.2) is 22.7 Å². The standard InChI is InChI=1S/C23H21N3O5/c1-3-23(16-7-5-4-6-8-16)21(29)26(22(30)25-23)13-15-11-20(28)31-19-12-17(24-14(2)27)9-10-18(15)19/h4-12H,3,13H2,1-2H3,(H,24,27)(H,25,30). The summed E-state index contributed by atoms with van der Waals surface area (Å²) in [7, 11) is 0. The van der Waals surface area contributed by atoms with Crippen LogP contribution in [0.25, 0.3) is 11.0 Å². The third-order valence-corrected chi connectivity index (χ3v) is 5.45. The van der Waals surface area contributed by atoms with Gasteiger partial charge in [-0.05, 0) is 29.7 Å². The highest BCUT2D eigenvalue weighted by Gasteiger charge is 2.51. The van der Waals surface area contributed by atoms with E-state index in [1.807, 2.05) is 25.1 Å². The van der Waals surface area contributed by atoms with Crippen LogP contribution in [0.1, 0.15) is 31.4 Å². The summed E-state index contributed by atoms with van der Waals surface area (Å²) in [5, 5.41) is 6.04. The van der Waals surface area contributed by atoms with Crippen molar-refractivity contribution in [2.75, 3.05) is 5.32 Å². The van der Waals surface area contributed by atoms with Gasteiger partial charge in [0.25, 0.3) is 5.91 Å². The first-order valence-corrected chi connectivity index (χ1v) is 9.88. The molecule has 2 heterocycles. The minimum atomic E-state index is -1.15. The maximum Gasteiger partial charge on any atom is 0.336 e.